The van der Waals surface area contributed by atoms with Gasteiger partial charge in [-0.25, -0.2) is 4.99 Å². The number of fused-ring (bicyclic) bond motifs is 2. The molecule has 0 amide bonds. The third-order valence-electron chi connectivity index (χ3n) is 3.60. The lowest BCUT2D eigenvalue weighted by Gasteiger charge is -1.99. The number of phenols is 1. The molecule has 1 aromatic heterocycles. The molecule has 102 valence electrons. The van der Waals surface area contributed by atoms with Gasteiger partial charge in [0, 0.05) is 17.0 Å². The van der Waals surface area contributed by atoms with Gasteiger partial charge in [-0.05, 0) is 24.3 Å². The zero-order valence-electron chi connectivity index (χ0n) is 10.8. The van der Waals surface area contributed by atoms with E-state index < -0.39 is 0 Å². The van der Waals surface area contributed by atoms with Crippen LogP contribution in [0.25, 0.3) is 10.9 Å². The Morgan fingerprint density at radius 2 is 1.86 bits per heavy atom. The Kier molecular flexibility index (Phi) is 2.21. The number of hydrogen-bond acceptors (Lipinski definition) is 4. The van der Waals surface area contributed by atoms with E-state index in [-0.39, 0.29) is 23.1 Å². The van der Waals surface area contributed by atoms with Gasteiger partial charge < -0.3 is 15.2 Å². The highest BCUT2D eigenvalue weighted by Crippen LogP contribution is 2.35. The summed E-state index contributed by atoms with van der Waals surface area (Å²) in [5.41, 5.74) is 2.26. The Morgan fingerprint density at radius 3 is 2.67 bits per heavy atom. The predicted octanol–water partition coefficient (Wildman–Crippen LogP) is 2.90. The fourth-order valence-corrected chi connectivity index (χ4v) is 2.64. The van der Waals surface area contributed by atoms with Crippen LogP contribution in [0.3, 0.4) is 0 Å². The Morgan fingerprint density at radius 1 is 1.05 bits per heavy atom. The number of benzene rings is 2. The minimum Gasteiger partial charge on any atom is -0.508 e. The van der Waals surface area contributed by atoms with Crippen molar-refractivity contribution < 1.29 is 15.0 Å². The van der Waals surface area contributed by atoms with Crippen molar-refractivity contribution in [1.82, 2.24) is 4.98 Å². The average Bonchev–Trinajstić information content (AvgIpc) is 2.95. The molecule has 0 radical (unpaired) electrons. The van der Waals surface area contributed by atoms with Gasteiger partial charge in [0.05, 0.1) is 16.8 Å². The van der Waals surface area contributed by atoms with Crippen LogP contribution in [-0.4, -0.2) is 26.7 Å². The van der Waals surface area contributed by atoms with Crippen LogP contribution in [0, 0.1) is 0 Å². The first kappa shape index (κ1) is 11.7. The normalized spacial score (nSPS) is 13.5. The molecular formula is C16H10N2O3. The first-order valence-electron chi connectivity index (χ1n) is 6.41. The van der Waals surface area contributed by atoms with Crippen LogP contribution in [0.2, 0.25) is 0 Å². The molecular weight excluding hydrogens is 268 g/mol. The first-order valence-corrected chi connectivity index (χ1v) is 6.41. The van der Waals surface area contributed by atoms with Gasteiger partial charge in [-0.1, -0.05) is 12.1 Å². The van der Waals surface area contributed by atoms with Crippen molar-refractivity contribution in [2.45, 2.75) is 0 Å². The summed E-state index contributed by atoms with van der Waals surface area (Å²) in [6, 6.07) is 11.7. The maximum atomic E-state index is 12.5. The molecule has 0 saturated heterocycles. The molecule has 2 heterocycles. The summed E-state index contributed by atoms with van der Waals surface area (Å²) in [5, 5.41) is 20.2. The quantitative estimate of drug-likeness (QED) is 0.639. The fraction of sp³-hybridized carbons (Fsp3) is 0. The van der Waals surface area contributed by atoms with Gasteiger partial charge in [-0.2, -0.15) is 0 Å². The van der Waals surface area contributed by atoms with E-state index in [1.807, 2.05) is 6.07 Å². The highest BCUT2D eigenvalue weighted by atomic mass is 16.3. The van der Waals surface area contributed by atoms with E-state index in [4.69, 9.17) is 0 Å². The number of phenolic OH excluding ortho intramolecular Hbond substituents is 1. The SMILES string of the molecule is O=C1C(c2c(O)[nH]c3cc(O)ccc23)=Nc2ccccc21. The van der Waals surface area contributed by atoms with E-state index in [1.54, 1.807) is 24.3 Å². The second kappa shape index (κ2) is 3.96. The van der Waals surface area contributed by atoms with Crippen molar-refractivity contribution in [2.24, 2.45) is 4.99 Å². The lowest BCUT2D eigenvalue weighted by atomic mass is 10.0. The van der Waals surface area contributed by atoms with Crippen LogP contribution >= 0.6 is 0 Å². The van der Waals surface area contributed by atoms with Crippen LogP contribution in [0.4, 0.5) is 5.69 Å². The summed E-state index contributed by atoms with van der Waals surface area (Å²) < 4.78 is 0. The Balaban J connectivity index is 1.97. The van der Waals surface area contributed by atoms with E-state index in [9.17, 15) is 15.0 Å². The van der Waals surface area contributed by atoms with Crippen LogP contribution in [0.15, 0.2) is 47.5 Å². The first-order chi connectivity index (χ1) is 10.1. The van der Waals surface area contributed by atoms with Crippen molar-refractivity contribution in [3.05, 3.63) is 53.6 Å². The highest BCUT2D eigenvalue weighted by molar-refractivity contribution is 6.56. The average molecular weight is 278 g/mol. The van der Waals surface area contributed by atoms with Crippen LogP contribution in [0.1, 0.15) is 15.9 Å². The summed E-state index contributed by atoms with van der Waals surface area (Å²) in [6.45, 7) is 0. The lowest BCUT2D eigenvalue weighted by Crippen LogP contribution is -2.10. The van der Waals surface area contributed by atoms with Gasteiger partial charge in [0.25, 0.3) is 0 Å². The number of nitrogens with one attached hydrogen (secondary N) is 1. The summed E-state index contributed by atoms with van der Waals surface area (Å²) in [6.07, 6.45) is 0. The topological polar surface area (TPSA) is 85.7 Å². The highest BCUT2D eigenvalue weighted by Gasteiger charge is 2.29. The third kappa shape index (κ3) is 1.57. The molecule has 0 aliphatic carbocycles. The zero-order valence-corrected chi connectivity index (χ0v) is 10.8. The number of hydrogen-bond donors (Lipinski definition) is 3. The van der Waals surface area contributed by atoms with Crippen molar-refractivity contribution in [3.63, 3.8) is 0 Å². The summed E-state index contributed by atoms with van der Waals surface area (Å²) in [5.74, 6) is -0.261. The molecule has 5 nitrogen and oxygen atoms in total. The molecule has 0 fully saturated rings. The van der Waals surface area contributed by atoms with Crippen LogP contribution in [-0.2, 0) is 0 Å². The fourth-order valence-electron chi connectivity index (χ4n) is 2.64. The van der Waals surface area contributed by atoms with Crippen molar-refractivity contribution in [2.75, 3.05) is 0 Å². The number of aromatic nitrogens is 1. The molecule has 1 aliphatic rings. The molecule has 0 bridgehead atoms. The molecule has 0 atom stereocenters. The number of nitrogens with zero attached hydrogens (tertiary/aromatic N) is 1. The Hall–Kier alpha value is -3.08. The lowest BCUT2D eigenvalue weighted by molar-refractivity contribution is 0.107. The molecule has 0 spiro atoms. The predicted molar refractivity (Wildman–Crippen MR) is 78.6 cm³/mol. The number of H-pyrrole nitrogens is 1. The molecule has 21 heavy (non-hydrogen) atoms. The van der Waals surface area contributed by atoms with E-state index >= 15 is 0 Å². The van der Waals surface area contributed by atoms with Gasteiger partial charge in [-0.3, -0.25) is 4.79 Å². The molecule has 2 aromatic carbocycles. The zero-order chi connectivity index (χ0) is 14.6. The molecule has 1 aliphatic heterocycles. The van der Waals surface area contributed by atoms with Gasteiger partial charge >= 0.3 is 0 Å². The molecule has 4 rings (SSSR count). The minimum atomic E-state index is -0.213. The molecule has 0 unspecified atom stereocenters. The minimum absolute atomic E-state index is 0.0817. The smallest absolute Gasteiger partial charge is 0.214 e. The Bertz CT molecular complexity index is 938. The Labute approximate surface area is 119 Å². The number of carbonyl (C=O) groups is 1. The summed E-state index contributed by atoms with van der Waals surface area (Å²) in [4.78, 5) is 19.5. The maximum Gasteiger partial charge on any atom is 0.214 e. The van der Waals surface area contributed by atoms with E-state index in [0.717, 1.165) is 0 Å². The molecule has 5 heteroatoms. The number of carbonyl (C=O) groups excluding carboxylic acids is 1. The second-order valence-corrected chi connectivity index (χ2v) is 4.89. The van der Waals surface area contributed by atoms with Gasteiger partial charge in [0.2, 0.25) is 5.78 Å². The maximum absolute atomic E-state index is 12.5. The summed E-state index contributed by atoms with van der Waals surface area (Å²) in [7, 11) is 0. The second-order valence-electron chi connectivity index (χ2n) is 4.89. The van der Waals surface area contributed by atoms with E-state index in [1.165, 1.54) is 12.1 Å². The standard InChI is InChI=1S/C16H10N2O3/c19-8-5-6-9-12(7-8)18-16(21)13(9)14-15(20)10-3-1-2-4-11(10)17-14/h1-7,18-19,21H. The van der Waals surface area contributed by atoms with E-state index in [0.29, 0.717) is 27.7 Å². The number of para-hydroxylation sites is 1. The molecule has 0 saturated carbocycles. The van der Waals surface area contributed by atoms with Crippen LogP contribution in [0.5, 0.6) is 11.6 Å². The number of aliphatic imine (C=N–C) groups is 1. The monoisotopic (exact) mass is 278 g/mol. The number of aromatic hydroxyl groups is 2. The largest absolute Gasteiger partial charge is 0.508 e. The van der Waals surface area contributed by atoms with E-state index in [2.05, 4.69) is 9.98 Å². The summed E-state index contributed by atoms with van der Waals surface area (Å²) >= 11 is 0. The molecule has 3 N–H and O–H groups in total. The van der Waals surface area contributed by atoms with Crippen molar-refractivity contribution in [1.29, 1.82) is 0 Å². The van der Waals surface area contributed by atoms with Crippen molar-refractivity contribution >= 4 is 28.1 Å². The van der Waals surface area contributed by atoms with Gasteiger partial charge in [0.1, 0.15) is 11.5 Å². The third-order valence-corrected chi connectivity index (χ3v) is 3.60. The van der Waals surface area contributed by atoms with Crippen LogP contribution < -0.4 is 0 Å². The van der Waals surface area contributed by atoms with Crippen molar-refractivity contribution in [3.8, 4) is 11.6 Å². The number of Topliss-reactive ketones (excluding diaryl/α,β-unsaturated/α-hetero) is 1. The van der Waals surface area contributed by atoms with Gasteiger partial charge in [-0.15, -0.1) is 0 Å². The van der Waals surface area contributed by atoms with Gasteiger partial charge in [0.15, 0.2) is 5.88 Å². The number of ketones is 1. The number of aromatic amines is 1. The molecule has 3 aromatic rings. The number of rotatable bonds is 1.